The molecule has 2 aromatic rings. The van der Waals surface area contributed by atoms with Crippen LogP contribution in [0.1, 0.15) is 32.4 Å². The molecule has 1 unspecified atom stereocenters. The molecular formula is C17H22NPSe. The Morgan fingerprint density at radius 1 is 0.850 bits per heavy atom. The summed E-state index contributed by atoms with van der Waals surface area (Å²) in [5.74, 6) is 0. The molecule has 3 heteroatoms. The molecule has 0 aliphatic heterocycles. The van der Waals surface area contributed by atoms with Crippen LogP contribution in [0.5, 0.6) is 0 Å². The van der Waals surface area contributed by atoms with Crippen LogP contribution in [0, 0.1) is 0 Å². The van der Waals surface area contributed by atoms with E-state index >= 15 is 0 Å². The van der Waals surface area contributed by atoms with Gasteiger partial charge in [0.05, 0.1) is 0 Å². The Morgan fingerprint density at radius 3 is 1.85 bits per heavy atom. The second-order valence-corrected chi connectivity index (χ2v) is 12.1. The first kappa shape index (κ1) is 15.7. The Kier molecular flexibility index (Phi) is 5.41. The van der Waals surface area contributed by atoms with Crippen LogP contribution in [0.15, 0.2) is 60.7 Å². The monoisotopic (exact) mass is 351 g/mol. The summed E-state index contributed by atoms with van der Waals surface area (Å²) in [5.41, 5.74) is 0.412. The molecule has 0 spiro atoms. The minimum atomic E-state index is -1.49. The van der Waals surface area contributed by atoms with Gasteiger partial charge in [0.2, 0.25) is 0 Å². The van der Waals surface area contributed by atoms with Gasteiger partial charge >= 0.3 is 130 Å². The zero-order valence-corrected chi connectivity index (χ0v) is 14.9. The van der Waals surface area contributed by atoms with Gasteiger partial charge in [-0.05, 0) is 0 Å². The van der Waals surface area contributed by atoms with Crippen LogP contribution in [0.3, 0.4) is 0 Å². The van der Waals surface area contributed by atoms with Crippen molar-refractivity contribution in [2.75, 3.05) is 0 Å². The maximum absolute atomic E-state index is 3.88. The van der Waals surface area contributed by atoms with Crippen molar-refractivity contribution in [3.63, 3.8) is 0 Å². The Morgan fingerprint density at radius 2 is 1.35 bits per heavy atom. The van der Waals surface area contributed by atoms with Gasteiger partial charge in [-0.3, -0.25) is 0 Å². The molecule has 2 rings (SSSR count). The minimum absolute atomic E-state index is 0.341. The van der Waals surface area contributed by atoms with E-state index in [2.05, 4.69) is 102 Å². The molecule has 0 aliphatic rings. The van der Waals surface area contributed by atoms with Gasteiger partial charge in [-0.1, -0.05) is 0 Å². The predicted octanol–water partition coefficient (Wildman–Crippen LogP) is 4.09. The summed E-state index contributed by atoms with van der Waals surface area (Å²) < 4.78 is 0. The zero-order valence-electron chi connectivity index (χ0n) is 12.3. The van der Waals surface area contributed by atoms with E-state index in [4.69, 9.17) is 0 Å². The van der Waals surface area contributed by atoms with E-state index < -0.39 is 5.66 Å². The van der Waals surface area contributed by atoms with E-state index in [9.17, 15) is 0 Å². The molecule has 0 saturated carbocycles. The molecule has 0 fully saturated rings. The predicted molar refractivity (Wildman–Crippen MR) is 91.9 cm³/mol. The standard InChI is InChI=1S/C17H22NPSe/c1-14(2)19(20,17-12-8-5-9-13-17)18-15(3)16-10-6-4-7-11-16/h4-15H,1-3H3,(H,18,20)/t15-,19?/m0/s1. The van der Waals surface area contributed by atoms with E-state index in [1.165, 1.54) is 10.9 Å². The van der Waals surface area contributed by atoms with Crippen molar-refractivity contribution in [3.05, 3.63) is 66.2 Å². The van der Waals surface area contributed by atoms with Crippen molar-refractivity contribution in [3.8, 4) is 0 Å². The molecule has 2 aromatic carbocycles. The van der Waals surface area contributed by atoms with E-state index in [0.717, 1.165) is 0 Å². The van der Waals surface area contributed by atoms with E-state index in [1.807, 2.05) is 0 Å². The van der Waals surface area contributed by atoms with Crippen LogP contribution in [0.4, 0.5) is 0 Å². The van der Waals surface area contributed by atoms with Gasteiger partial charge in [0.15, 0.2) is 0 Å². The van der Waals surface area contributed by atoms with Gasteiger partial charge in [-0.25, -0.2) is 0 Å². The molecule has 0 saturated heterocycles. The van der Waals surface area contributed by atoms with E-state index in [1.54, 1.807) is 0 Å². The quantitative estimate of drug-likeness (QED) is 0.633. The van der Waals surface area contributed by atoms with Gasteiger partial charge in [-0.2, -0.15) is 0 Å². The van der Waals surface area contributed by atoms with Crippen molar-refractivity contribution in [2.24, 2.45) is 0 Å². The summed E-state index contributed by atoms with van der Waals surface area (Å²) >= 11 is 3.51. The van der Waals surface area contributed by atoms with Gasteiger partial charge in [0.25, 0.3) is 0 Å². The number of rotatable bonds is 5. The van der Waals surface area contributed by atoms with Crippen molar-refractivity contribution in [2.45, 2.75) is 32.5 Å². The fraction of sp³-hybridized carbons (Fsp3) is 0.294. The fourth-order valence-corrected chi connectivity index (χ4v) is 6.42. The average Bonchev–Trinajstić information content (AvgIpc) is 2.48. The molecule has 0 radical (unpaired) electrons. The third kappa shape index (κ3) is 3.51. The van der Waals surface area contributed by atoms with Crippen molar-refractivity contribution >= 4 is 26.1 Å². The second kappa shape index (κ2) is 6.87. The number of hydrogen-bond acceptors (Lipinski definition) is 1. The van der Waals surface area contributed by atoms with Gasteiger partial charge < -0.3 is 0 Å². The number of hydrogen-bond donors (Lipinski definition) is 1. The van der Waals surface area contributed by atoms with Crippen LogP contribution in [0.2, 0.25) is 0 Å². The van der Waals surface area contributed by atoms with Gasteiger partial charge in [0, 0.05) is 0 Å². The van der Waals surface area contributed by atoms with Crippen LogP contribution in [-0.4, -0.2) is 20.8 Å². The molecular weight excluding hydrogens is 328 g/mol. The van der Waals surface area contributed by atoms with Crippen LogP contribution in [-0.2, 0) is 0 Å². The van der Waals surface area contributed by atoms with Crippen LogP contribution < -0.4 is 10.4 Å². The molecule has 106 valence electrons. The molecule has 1 nitrogen and oxygen atoms in total. The Bertz CT molecular complexity index is 580. The normalized spacial score (nSPS) is 15.8. The van der Waals surface area contributed by atoms with E-state index in [0.29, 0.717) is 11.7 Å². The maximum atomic E-state index is 3.88. The first-order chi connectivity index (χ1) is 9.54. The van der Waals surface area contributed by atoms with Gasteiger partial charge in [0.1, 0.15) is 0 Å². The number of benzene rings is 2. The van der Waals surface area contributed by atoms with Crippen molar-refractivity contribution in [1.29, 1.82) is 0 Å². The fourth-order valence-electron chi connectivity index (χ4n) is 2.28. The first-order valence-electron chi connectivity index (χ1n) is 7.02. The van der Waals surface area contributed by atoms with Crippen molar-refractivity contribution < 1.29 is 0 Å². The molecule has 20 heavy (non-hydrogen) atoms. The summed E-state index contributed by atoms with van der Waals surface area (Å²) in [7, 11) is 0. The molecule has 1 N–H and O–H groups in total. The van der Waals surface area contributed by atoms with Gasteiger partial charge in [-0.15, -0.1) is 0 Å². The summed E-state index contributed by atoms with van der Waals surface area (Å²) in [6.07, 6.45) is 0. The second-order valence-electron chi connectivity index (χ2n) is 5.35. The molecule has 0 aromatic heterocycles. The summed E-state index contributed by atoms with van der Waals surface area (Å²) in [5, 5.41) is 5.28. The Hall–Kier alpha value is -0.651. The molecule has 0 aliphatic carbocycles. The average molecular weight is 350 g/mol. The van der Waals surface area contributed by atoms with E-state index in [-0.39, 0.29) is 0 Å². The molecule has 0 amide bonds. The molecule has 2 atom stereocenters. The van der Waals surface area contributed by atoms with Crippen molar-refractivity contribution in [1.82, 2.24) is 5.09 Å². The first-order valence-corrected chi connectivity index (χ1v) is 11.1. The summed E-state index contributed by atoms with van der Waals surface area (Å²) in [4.78, 5) is 0. The third-order valence-electron chi connectivity index (χ3n) is 3.55. The molecule has 0 heterocycles. The zero-order chi connectivity index (χ0) is 14.6. The third-order valence-corrected chi connectivity index (χ3v) is 11.5. The SMILES string of the molecule is CC(C)P(=[Se])(N[C@@H](C)c1ccccc1)c1ccccc1. The Labute approximate surface area is 130 Å². The Balaban J connectivity index is 2.29. The van der Waals surface area contributed by atoms with Crippen LogP contribution >= 0.6 is 5.66 Å². The molecule has 0 bridgehead atoms. The van der Waals surface area contributed by atoms with Crippen LogP contribution in [0.25, 0.3) is 0 Å². The summed E-state index contributed by atoms with van der Waals surface area (Å²) in [6.45, 7) is 6.83. The number of nitrogens with one attached hydrogen (secondary N) is 1. The summed E-state index contributed by atoms with van der Waals surface area (Å²) in [6, 6.07) is 21.8. The topological polar surface area (TPSA) is 12.0 Å².